The van der Waals surface area contributed by atoms with Crippen molar-refractivity contribution in [3.8, 4) is 0 Å². The Hall–Kier alpha value is -2.98. The van der Waals surface area contributed by atoms with Gasteiger partial charge in [0.2, 0.25) is 0 Å². The fourth-order valence-electron chi connectivity index (χ4n) is 3.54. The van der Waals surface area contributed by atoms with Crippen LogP contribution in [0.5, 0.6) is 0 Å². The molecule has 7 nitrogen and oxygen atoms in total. The second kappa shape index (κ2) is 9.25. The van der Waals surface area contributed by atoms with E-state index in [2.05, 4.69) is 24.9 Å². The molecule has 168 valence electrons. The molecule has 2 aromatic carbocycles. The van der Waals surface area contributed by atoms with E-state index >= 15 is 0 Å². The average Bonchev–Trinajstić information content (AvgIpc) is 3.30. The molecule has 1 aliphatic rings. The lowest BCUT2D eigenvalue weighted by Crippen LogP contribution is -2.20. The number of anilines is 3. The Bertz CT molecular complexity index is 1220. The SMILES string of the molecule is O=S(=O)(Nc1ccncn1)c1cc(Cl)c(NCc2ccc(F)cc2N2CCCC2)cc1F. The van der Waals surface area contributed by atoms with Crippen molar-refractivity contribution in [2.75, 3.05) is 28.0 Å². The summed E-state index contributed by atoms with van der Waals surface area (Å²) >= 11 is 6.25. The van der Waals surface area contributed by atoms with Crippen molar-refractivity contribution in [1.82, 2.24) is 9.97 Å². The van der Waals surface area contributed by atoms with Crippen LogP contribution in [-0.2, 0) is 16.6 Å². The molecule has 1 aliphatic heterocycles. The summed E-state index contributed by atoms with van der Waals surface area (Å²) in [7, 11) is -4.25. The Balaban J connectivity index is 1.55. The summed E-state index contributed by atoms with van der Waals surface area (Å²) in [6.07, 6.45) is 4.60. The van der Waals surface area contributed by atoms with Gasteiger partial charge in [0.1, 0.15) is 28.7 Å². The summed E-state index contributed by atoms with van der Waals surface area (Å²) in [5, 5.41) is 3.05. The highest BCUT2D eigenvalue weighted by Gasteiger charge is 2.22. The lowest BCUT2D eigenvalue weighted by Gasteiger charge is -2.22. The molecule has 0 bridgehead atoms. The molecule has 0 saturated carbocycles. The normalized spacial score (nSPS) is 13.9. The number of hydrogen-bond donors (Lipinski definition) is 2. The molecule has 3 aromatic rings. The van der Waals surface area contributed by atoms with Gasteiger partial charge in [-0.2, -0.15) is 0 Å². The molecule has 0 radical (unpaired) electrons. The molecule has 0 aliphatic carbocycles. The number of rotatable bonds is 7. The summed E-state index contributed by atoms with van der Waals surface area (Å²) in [6, 6.07) is 7.93. The smallest absolute Gasteiger partial charge is 0.266 e. The highest BCUT2D eigenvalue weighted by atomic mass is 35.5. The Morgan fingerprint density at radius 1 is 1.09 bits per heavy atom. The second-order valence-electron chi connectivity index (χ2n) is 7.28. The average molecular weight is 480 g/mol. The summed E-state index contributed by atoms with van der Waals surface area (Å²) in [4.78, 5) is 8.97. The van der Waals surface area contributed by atoms with Gasteiger partial charge >= 0.3 is 0 Å². The van der Waals surface area contributed by atoms with E-state index in [0.29, 0.717) is 0 Å². The zero-order valence-corrected chi connectivity index (χ0v) is 18.4. The molecule has 0 spiro atoms. The Morgan fingerprint density at radius 2 is 1.88 bits per heavy atom. The molecule has 11 heteroatoms. The molecule has 2 heterocycles. The van der Waals surface area contributed by atoms with E-state index in [1.165, 1.54) is 30.7 Å². The van der Waals surface area contributed by atoms with Crippen molar-refractivity contribution in [3.63, 3.8) is 0 Å². The van der Waals surface area contributed by atoms with Gasteiger partial charge in [-0.05, 0) is 48.7 Å². The van der Waals surface area contributed by atoms with Gasteiger partial charge in [-0.3, -0.25) is 4.72 Å². The number of sulfonamides is 1. The van der Waals surface area contributed by atoms with Gasteiger partial charge in [-0.15, -0.1) is 0 Å². The van der Waals surface area contributed by atoms with Crippen LogP contribution in [0.3, 0.4) is 0 Å². The fraction of sp³-hybridized carbons (Fsp3) is 0.238. The first-order chi connectivity index (χ1) is 15.3. The van der Waals surface area contributed by atoms with Crippen LogP contribution in [0.25, 0.3) is 0 Å². The van der Waals surface area contributed by atoms with Crippen LogP contribution in [-0.4, -0.2) is 31.5 Å². The van der Waals surface area contributed by atoms with E-state index in [9.17, 15) is 17.2 Å². The fourth-order valence-corrected chi connectivity index (χ4v) is 4.93. The topological polar surface area (TPSA) is 87.2 Å². The summed E-state index contributed by atoms with van der Waals surface area (Å²) < 4.78 is 55.8. The third-order valence-corrected chi connectivity index (χ3v) is 6.78. The van der Waals surface area contributed by atoms with E-state index < -0.39 is 20.7 Å². The number of hydrogen-bond acceptors (Lipinski definition) is 6. The molecule has 2 N–H and O–H groups in total. The highest BCUT2D eigenvalue weighted by Crippen LogP contribution is 2.31. The van der Waals surface area contributed by atoms with Gasteiger partial charge in [0.25, 0.3) is 10.0 Å². The number of halogens is 3. The third-order valence-electron chi connectivity index (χ3n) is 5.10. The summed E-state index contributed by atoms with van der Waals surface area (Å²) in [5.74, 6) is -1.30. The van der Waals surface area contributed by atoms with Crippen LogP contribution >= 0.6 is 11.6 Å². The van der Waals surface area contributed by atoms with Gasteiger partial charge < -0.3 is 10.2 Å². The molecule has 0 unspecified atom stereocenters. The van der Waals surface area contributed by atoms with Gasteiger partial charge in [-0.25, -0.2) is 27.2 Å². The van der Waals surface area contributed by atoms with E-state index in [1.54, 1.807) is 6.07 Å². The van der Waals surface area contributed by atoms with E-state index in [1.807, 2.05) is 0 Å². The molecule has 1 aromatic heterocycles. The number of nitrogens with zero attached hydrogens (tertiary/aromatic N) is 3. The van der Waals surface area contributed by atoms with Crippen molar-refractivity contribution in [3.05, 3.63) is 71.1 Å². The lowest BCUT2D eigenvalue weighted by molar-refractivity contribution is 0.570. The monoisotopic (exact) mass is 479 g/mol. The minimum absolute atomic E-state index is 0.00322. The van der Waals surface area contributed by atoms with Crippen molar-refractivity contribution >= 4 is 38.8 Å². The van der Waals surface area contributed by atoms with E-state index in [-0.39, 0.29) is 28.9 Å². The maximum absolute atomic E-state index is 14.7. The number of aromatic nitrogens is 2. The summed E-state index contributed by atoms with van der Waals surface area (Å²) in [6.45, 7) is 1.95. The first-order valence-corrected chi connectivity index (χ1v) is 11.7. The Morgan fingerprint density at radius 3 is 2.59 bits per heavy atom. The lowest BCUT2D eigenvalue weighted by atomic mass is 10.1. The van der Waals surface area contributed by atoms with Crippen LogP contribution < -0.4 is 14.9 Å². The number of nitrogens with one attached hydrogen (secondary N) is 2. The number of benzene rings is 2. The van der Waals surface area contributed by atoms with Gasteiger partial charge in [-0.1, -0.05) is 17.7 Å². The summed E-state index contributed by atoms with van der Waals surface area (Å²) in [5.41, 5.74) is 1.83. The predicted molar refractivity (Wildman–Crippen MR) is 119 cm³/mol. The van der Waals surface area contributed by atoms with Crippen molar-refractivity contribution < 1.29 is 17.2 Å². The van der Waals surface area contributed by atoms with Crippen LogP contribution in [0, 0.1) is 11.6 Å². The second-order valence-corrected chi connectivity index (χ2v) is 9.34. The molecular formula is C21H20ClF2N5O2S. The minimum atomic E-state index is -4.25. The minimum Gasteiger partial charge on any atom is -0.380 e. The van der Waals surface area contributed by atoms with E-state index in [0.717, 1.165) is 49.3 Å². The molecule has 32 heavy (non-hydrogen) atoms. The van der Waals surface area contributed by atoms with Crippen LogP contribution in [0.1, 0.15) is 18.4 Å². The van der Waals surface area contributed by atoms with Crippen LogP contribution in [0.2, 0.25) is 5.02 Å². The van der Waals surface area contributed by atoms with Gasteiger partial charge in [0.15, 0.2) is 0 Å². The molecule has 4 rings (SSSR count). The first-order valence-electron chi connectivity index (χ1n) is 9.88. The third kappa shape index (κ3) is 4.91. The Kier molecular flexibility index (Phi) is 6.43. The quantitative estimate of drug-likeness (QED) is 0.521. The Labute approximate surface area is 189 Å². The molecule has 0 atom stereocenters. The van der Waals surface area contributed by atoms with Crippen molar-refractivity contribution in [1.29, 1.82) is 0 Å². The van der Waals surface area contributed by atoms with Gasteiger partial charge in [0, 0.05) is 31.5 Å². The van der Waals surface area contributed by atoms with Gasteiger partial charge in [0.05, 0.1) is 10.7 Å². The molecular weight excluding hydrogens is 460 g/mol. The molecule has 0 amide bonds. The largest absolute Gasteiger partial charge is 0.380 e. The predicted octanol–water partition coefficient (Wildman–Crippen LogP) is 4.42. The van der Waals surface area contributed by atoms with Crippen LogP contribution in [0.15, 0.2) is 53.8 Å². The zero-order valence-electron chi connectivity index (χ0n) is 16.9. The maximum Gasteiger partial charge on any atom is 0.266 e. The van der Waals surface area contributed by atoms with Crippen molar-refractivity contribution in [2.45, 2.75) is 24.3 Å². The maximum atomic E-state index is 14.7. The van der Waals surface area contributed by atoms with Crippen LogP contribution in [0.4, 0.5) is 26.0 Å². The van der Waals surface area contributed by atoms with E-state index in [4.69, 9.17) is 11.6 Å². The highest BCUT2D eigenvalue weighted by molar-refractivity contribution is 7.92. The molecule has 1 fully saturated rings. The van der Waals surface area contributed by atoms with Crippen molar-refractivity contribution in [2.24, 2.45) is 0 Å². The molecule has 1 saturated heterocycles. The zero-order chi connectivity index (χ0) is 22.7. The standard InChI is InChI=1S/C21H20ClF2N5O2S/c22-16-10-20(32(30,31)28-21-5-6-25-13-27-21)17(24)11-18(16)26-12-14-3-4-15(23)9-19(14)29-7-1-2-8-29/h3-6,9-11,13,26H,1-2,7-8,12H2,(H,25,27,28). The first kappa shape index (κ1) is 22.2.